The van der Waals surface area contributed by atoms with Gasteiger partial charge in [-0.2, -0.15) is 4.31 Å². The largest absolute Gasteiger partial charge is 0.352 e. The van der Waals surface area contributed by atoms with E-state index in [1.54, 1.807) is 0 Å². The summed E-state index contributed by atoms with van der Waals surface area (Å²) in [7, 11) is -3.30. The second-order valence-electron chi connectivity index (χ2n) is 6.17. The van der Waals surface area contributed by atoms with Gasteiger partial charge in [-0.1, -0.05) is 6.92 Å². The molecule has 2 fully saturated rings. The Morgan fingerprint density at radius 3 is 2.81 bits per heavy atom. The summed E-state index contributed by atoms with van der Waals surface area (Å²) in [5.74, 6) is 0.00697. The molecule has 0 aliphatic carbocycles. The third-order valence-corrected chi connectivity index (χ3v) is 6.37. The van der Waals surface area contributed by atoms with Crippen LogP contribution in [0.25, 0.3) is 0 Å². The number of hydrogen-bond acceptors (Lipinski definition) is 4. The SMILES string of the molecule is CCCS(=O)(=O)N1CCCC1C(=O)NC1CCNC(C)C1. The molecule has 2 heterocycles. The van der Waals surface area contributed by atoms with Gasteiger partial charge in [0.1, 0.15) is 6.04 Å². The van der Waals surface area contributed by atoms with E-state index in [1.807, 2.05) is 6.92 Å². The molecule has 3 atom stereocenters. The number of carbonyl (C=O) groups is 1. The standard InChI is InChI=1S/C14H27N3O3S/c1-3-9-21(19,20)17-8-4-5-13(17)14(18)16-12-6-7-15-11(2)10-12/h11-13,15H,3-10H2,1-2H3,(H,16,18). The van der Waals surface area contributed by atoms with Gasteiger partial charge < -0.3 is 10.6 Å². The Morgan fingerprint density at radius 2 is 2.14 bits per heavy atom. The summed E-state index contributed by atoms with van der Waals surface area (Å²) in [4.78, 5) is 12.4. The van der Waals surface area contributed by atoms with Crippen molar-refractivity contribution in [3.63, 3.8) is 0 Å². The quantitative estimate of drug-likeness (QED) is 0.771. The third kappa shape index (κ3) is 4.17. The van der Waals surface area contributed by atoms with Crippen molar-refractivity contribution < 1.29 is 13.2 Å². The highest BCUT2D eigenvalue weighted by atomic mass is 32.2. The summed E-state index contributed by atoms with van der Waals surface area (Å²) in [5.41, 5.74) is 0. The number of sulfonamides is 1. The maximum Gasteiger partial charge on any atom is 0.238 e. The first-order valence-corrected chi connectivity index (χ1v) is 9.58. The van der Waals surface area contributed by atoms with Gasteiger partial charge in [0.15, 0.2) is 0 Å². The Labute approximate surface area is 127 Å². The Balaban J connectivity index is 1.97. The minimum Gasteiger partial charge on any atom is -0.352 e. The first-order chi connectivity index (χ1) is 9.94. The summed E-state index contributed by atoms with van der Waals surface area (Å²) < 4.78 is 25.9. The molecular weight excluding hydrogens is 290 g/mol. The lowest BCUT2D eigenvalue weighted by Crippen LogP contribution is -2.52. The fourth-order valence-corrected chi connectivity index (χ4v) is 5.02. The molecule has 2 aliphatic rings. The van der Waals surface area contributed by atoms with E-state index in [2.05, 4.69) is 17.6 Å². The smallest absolute Gasteiger partial charge is 0.238 e. The Morgan fingerprint density at radius 1 is 1.38 bits per heavy atom. The Bertz CT molecular complexity index is 466. The van der Waals surface area contributed by atoms with Crippen molar-refractivity contribution in [1.82, 2.24) is 14.9 Å². The van der Waals surface area contributed by atoms with Crippen LogP contribution in [0.15, 0.2) is 0 Å². The van der Waals surface area contributed by atoms with Gasteiger partial charge in [0.05, 0.1) is 5.75 Å². The molecule has 0 spiro atoms. The van der Waals surface area contributed by atoms with Gasteiger partial charge in [-0.15, -0.1) is 0 Å². The molecule has 2 rings (SSSR count). The maximum atomic E-state index is 12.4. The van der Waals surface area contributed by atoms with Crippen LogP contribution < -0.4 is 10.6 Å². The van der Waals surface area contributed by atoms with Gasteiger partial charge in [0.25, 0.3) is 0 Å². The van der Waals surface area contributed by atoms with Crippen molar-refractivity contribution in [2.75, 3.05) is 18.8 Å². The molecule has 0 bridgehead atoms. The van der Waals surface area contributed by atoms with E-state index in [4.69, 9.17) is 0 Å². The van der Waals surface area contributed by atoms with Crippen LogP contribution in [0.4, 0.5) is 0 Å². The van der Waals surface area contributed by atoms with Crippen molar-refractivity contribution in [2.45, 2.75) is 64.1 Å². The topological polar surface area (TPSA) is 78.5 Å². The van der Waals surface area contributed by atoms with Crippen LogP contribution >= 0.6 is 0 Å². The lowest BCUT2D eigenvalue weighted by Gasteiger charge is -2.31. The van der Waals surface area contributed by atoms with Gasteiger partial charge in [-0.05, 0) is 45.6 Å². The molecule has 0 saturated carbocycles. The number of piperidine rings is 1. The molecule has 2 N–H and O–H groups in total. The molecule has 3 unspecified atom stereocenters. The van der Waals surface area contributed by atoms with E-state index in [0.29, 0.717) is 25.4 Å². The van der Waals surface area contributed by atoms with E-state index in [1.165, 1.54) is 4.31 Å². The first-order valence-electron chi connectivity index (χ1n) is 7.97. The summed E-state index contributed by atoms with van der Waals surface area (Å²) in [6.45, 7) is 5.32. The number of amides is 1. The summed E-state index contributed by atoms with van der Waals surface area (Å²) in [6, 6.07) is 0.0457. The Kier molecular flexibility index (Phi) is 5.62. The van der Waals surface area contributed by atoms with Crippen LogP contribution in [0.3, 0.4) is 0 Å². The number of carbonyl (C=O) groups excluding carboxylic acids is 1. The van der Waals surface area contributed by atoms with Gasteiger partial charge in [0, 0.05) is 18.6 Å². The number of hydrogen-bond donors (Lipinski definition) is 2. The predicted molar refractivity (Wildman–Crippen MR) is 82.4 cm³/mol. The normalized spacial score (nSPS) is 31.2. The van der Waals surface area contributed by atoms with Crippen LogP contribution in [0.1, 0.15) is 46.0 Å². The van der Waals surface area contributed by atoms with E-state index >= 15 is 0 Å². The molecule has 0 radical (unpaired) electrons. The minimum absolute atomic E-state index is 0.119. The van der Waals surface area contributed by atoms with Crippen LogP contribution in [0.2, 0.25) is 0 Å². The van der Waals surface area contributed by atoms with E-state index in [-0.39, 0.29) is 17.7 Å². The zero-order chi connectivity index (χ0) is 15.5. The average Bonchev–Trinajstić information content (AvgIpc) is 2.88. The molecule has 21 heavy (non-hydrogen) atoms. The zero-order valence-electron chi connectivity index (χ0n) is 13.0. The van der Waals surface area contributed by atoms with Crippen LogP contribution in [-0.4, -0.2) is 55.6 Å². The Hall–Kier alpha value is -0.660. The molecule has 7 heteroatoms. The molecule has 2 aliphatic heterocycles. The summed E-state index contributed by atoms with van der Waals surface area (Å²) in [5, 5.41) is 6.40. The number of nitrogens with zero attached hydrogens (tertiary/aromatic N) is 1. The molecule has 1 amide bonds. The highest BCUT2D eigenvalue weighted by molar-refractivity contribution is 7.89. The predicted octanol–water partition coefficient (Wildman–Crippen LogP) is 0.447. The minimum atomic E-state index is -3.30. The third-order valence-electron chi connectivity index (χ3n) is 4.30. The molecule has 0 aromatic rings. The van der Waals surface area contributed by atoms with Gasteiger partial charge in [0.2, 0.25) is 15.9 Å². The van der Waals surface area contributed by atoms with Crippen molar-refractivity contribution in [2.24, 2.45) is 0 Å². The molecule has 0 aromatic carbocycles. The van der Waals surface area contributed by atoms with E-state index in [0.717, 1.165) is 25.8 Å². The zero-order valence-corrected chi connectivity index (χ0v) is 13.8. The second-order valence-corrected chi connectivity index (χ2v) is 8.21. The number of rotatable bonds is 5. The lowest BCUT2D eigenvalue weighted by atomic mass is 10.0. The summed E-state index contributed by atoms with van der Waals surface area (Å²) >= 11 is 0. The maximum absolute atomic E-state index is 12.4. The molecule has 0 aromatic heterocycles. The van der Waals surface area contributed by atoms with Gasteiger partial charge >= 0.3 is 0 Å². The van der Waals surface area contributed by atoms with Crippen molar-refractivity contribution in [3.8, 4) is 0 Å². The fourth-order valence-electron chi connectivity index (χ4n) is 3.27. The molecule has 122 valence electrons. The van der Waals surface area contributed by atoms with Gasteiger partial charge in [-0.3, -0.25) is 4.79 Å². The van der Waals surface area contributed by atoms with Crippen LogP contribution in [-0.2, 0) is 14.8 Å². The lowest BCUT2D eigenvalue weighted by molar-refractivity contribution is -0.125. The van der Waals surface area contributed by atoms with Crippen LogP contribution in [0, 0.1) is 0 Å². The van der Waals surface area contributed by atoms with E-state index < -0.39 is 16.1 Å². The van der Waals surface area contributed by atoms with Crippen molar-refractivity contribution in [3.05, 3.63) is 0 Å². The van der Waals surface area contributed by atoms with Gasteiger partial charge in [-0.25, -0.2) is 8.42 Å². The monoisotopic (exact) mass is 317 g/mol. The summed E-state index contributed by atoms with van der Waals surface area (Å²) in [6.07, 6.45) is 3.79. The molecular formula is C14H27N3O3S. The second kappa shape index (κ2) is 7.07. The highest BCUT2D eigenvalue weighted by Gasteiger charge is 2.38. The first kappa shape index (κ1) is 16.7. The molecule has 6 nitrogen and oxygen atoms in total. The highest BCUT2D eigenvalue weighted by Crippen LogP contribution is 2.22. The van der Waals surface area contributed by atoms with Crippen molar-refractivity contribution in [1.29, 1.82) is 0 Å². The number of nitrogens with one attached hydrogen (secondary N) is 2. The van der Waals surface area contributed by atoms with E-state index in [9.17, 15) is 13.2 Å². The molecule has 2 saturated heterocycles. The van der Waals surface area contributed by atoms with Crippen LogP contribution in [0.5, 0.6) is 0 Å². The fraction of sp³-hybridized carbons (Fsp3) is 0.929. The van der Waals surface area contributed by atoms with Crippen molar-refractivity contribution >= 4 is 15.9 Å². The average molecular weight is 317 g/mol.